The first-order chi connectivity index (χ1) is 10.0. The van der Waals surface area contributed by atoms with E-state index in [2.05, 4.69) is 4.90 Å². The zero-order valence-corrected chi connectivity index (χ0v) is 13.3. The number of rotatable bonds is 3. The van der Waals surface area contributed by atoms with Gasteiger partial charge in [0.05, 0.1) is 23.1 Å². The molecule has 3 atom stereocenters. The highest BCUT2D eigenvalue weighted by Crippen LogP contribution is 2.34. The van der Waals surface area contributed by atoms with Crippen molar-refractivity contribution < 1.29 is 13.2 Å². The monoisotopic (exact) mass is 310 g/mol. The summed E-state index contributed by atoms with van der Waals surface area (Å²) in [6.45, 7) is 1.23. The maximum atomic E-state index is 12.9. The second-order valence-electron chi connectivity index (χ2n) is 5.96. The van der Waals surface area contributed by atoms with Gasteiger partial charge in [0, 0.05) is 13.2 Å². The number of nitrogens with zero attached hydrogens (tertiary/aromatic N) is 2. The van der Waals surface area contributed by atoms with Gasteiger partial charge in [-0.05, 0) is 39.1 Å². The van der Waals surface area contributed by atoms with Gasteiger partial charge in [-0.3, -0.25) is 0 Å². The largest absolute Gasteiger partial charge is 0.375 e. The Morgan fingerprint density at radius 1 is 1.24 bits per heavy atom. The van der Waals surface area contributed by atoms with Gasteiger partial charge in [-0.1, -0.05) is 18.2 Å². The molecule has 2 aliphatic rings. The fourth-order valence-electron chi connectivity index (χ4n) is 3.35. The van der Waals surface area contributed by atoms with Gasteiger partial charge in [-0.15, -0.1) is 0 Å². The second kappa shape index (κ2) is 5.68. The lowest BCUT2D eigenvalue weighted by molar-refractivity contribution is -0.0266. The average Bonchev–Trinajstić information content (AvgIpc) is 2.88. The van der Waals surface area contributed by atoms with Crippen molar-refractivity contribution in [3.63, 3.8) is 0 Å². The lowest BCUT2D eigenvalue weighted by atomic mass is 10.0. The van der Waals surface area contributed by atoms with E-state index in [9.17, 15) is 8.42 Å². The molecule has 1 aromatic rings. The van der Waals surface area contributed by atoms with Crippen molar-refractivity contribution in [1.29, 1.82) is 0 Å². The molecule has 6 heteroatoms. The summed E-state index contributed by atoms with van der Waals surface area (Å²) in [5.41, 5.74) is 0. The van der Waals surface area contributed by atoms with Crippen LogP contribution >= 0.6 is 0 Å². The predicted molar refractivity (Wildman–Crippen MR) is 80.6 cm³/mol. The third kappa shape index (κ3) is 2.61. The molecule has 1 aromatic carbocycles. The molecule has 2 saturated heterocycles. The molecule has 0 bridgehead atoms. The van der Waals surface area contributed by atoms with Crippen LogP contribution in [-0.4, -0.2) is 63.1 Å². The minimum absolute atomic E-state index is 0.0211. The summed E-state index contributed by atoms with van der Waals surface area (Å²) >= 11 is 0. The summed E-state index contributed by atoms with van der Waals surface area (Å²) in [7, 11) is 0.520. The van der Waals surface area contributed by atoms with E-state index in [1.54, 1.807) is 28.6 Å². The molecular formula is C15H22N2O3S. The molecule has 0 amide bonds. The van der Waals surface area contributed by atoms with Gasteiger partial charge >= 0.3 is 0 Å². The number of hydrogen-bond donors (Lipinski definition) is 0. The summed E-state index contributed by atoms with van der Waals surface area (Å²) in [5.74, 6) is 0. The molecule has 116 valence electrons. The molecule has 0 unspecified atom stereocenters. The van der Waals surface area contributed by atoms with Crippen LogP contribution in [-0.2, 0) is 14.8 Å². The number of ether oxygens (including phenoxy) is 1. The fourth-order valence-corrected chi connectivity index (χ4v) is 5.05. The quantitative estimate of drug-likeness (QED) is 0.841. The van der Waals surface area contributed by atoms with Crippen LogP contribution in [0.1, 0.15) is 12.8 Å². The first kappa shape index (κ1) is 15.0. The third-order valence-corrected chi connectivity index (χ3v) is 6.37. The molecule has 2 fully saturated rings. The molecular weight excluding hydrogens is 288 g/mol. The Labute approximate surface area is 126 Å². The van der Waals surface area contributed by atoms with E-state index < -0.39 is 10.0 Å². The van der Waals surface area contributed by atoms with Crippen LogP contribution in [0.3, 0.4) is 0 Å². The molecule has 5 nitrogen and oxygen atoms in total. The highest BCUT2D eigenvalue weighted by atomic mass is 32.2. The van der Waals surface area contributed by atoms with Gasteiger partial charge in [-0.2, -0.15) is 4.31 Å². The minimum Gasteiger partial charge on any atom is -0.375 e. The topological polar surface area (TPSA) is 49.9 Å². The van der Waals surface area contributed by atoms with Crippen LogP contribution in [0.2, 0.25) is 0 Å². The summed E-state index contributed by atoms with van der Waals surface area (Å²) in [6, 6.07) is 8.76. The van der Waals surface area contributed by atoms with Crippen LogP contribution in [0.5, 0.6) is 0 Å². The predicted octanol–water partition coefficient (Wildman–Crippen LogP) is 1.17. The van der Waals surface area contributed by atoms with E-state index in [0.29, 0.717) is 11.4 Å². The Morgan fingerprint density at radius 2 is 1.95 bits per heavy atom. The van der Waals surface area contributed by atoms with E-state index in [-0.39, 0.29) is 18.2 Å². The van der Waals surface area contributed by atoms with Crippen molar-refractivity contribution in [1.82, 2.24) is 9.21 Å². The number of fused-ring (bicyclic) bond motifs is 1. The van der Waals surface area contributed by atoms with Crippen LogP contribution in [0.25, 0.3) is 0 Å². The van der Waals surface area contributed by atoms with Crippen LogP contribution in [0, 0.1) is 0 Å². The maximum absolute atomic E-state index is 12.9. The van der Waals surface area contributed by atoms with Gasteiger partial charge in [0.2, 0.25) is 10.0 Å². The van der Waals surface area contributed by atoms with Crippen molar-refractivity contribution in [2.75, 3.05) is 27.2 Å². The normalized spacial score (nSPS) is 30.5. The Hall–Kier alpha value is -0.950. The van der Waals surface area contributed by atoms with Crippen molar-refractivity contribution >= 4 is 10.0 Å². The molecule has 3 rings (SSSR count). The van der Waals surface area contributed by atoms with Crippen molar-refractivity contribution in [3.05, 3.63) is 30.3 Å². The molecule has 0 aliphatic carbocycles. The van der Waals surface area contributed by atoms with E-state index in [1.165, 1.54) is 0 Å². The lowest BCUT2D eigenvalue weighted by Gasteiger charge is -2.33. The Kier molecular flexibility index (Phi) is 4.05. The van der Waals surface area contributed by atoms with E-state index in [4.69, 9.17) is 4.74 Å². The summed E-state index contributed by atoms with van der Waals surface area (Å²) in [5, 5.41) is 0. The molecule has 0 spiro atoms. The molecule has 21 heavy (non-hydrogen) atoms. The van der Waals surface area contributed by atoms with Crippen molar-refractivity contribution in [2.24, 2.45) is 0 Å². The number of benzene rings is 1. The Morgan fingerprint density at radius 3 is 2.62 bits per heavy atom. The molecule has 0 radical (unpaired) electrons. The summed E-state index contributed by atoms with van der Waals surface area (Å²) < 4.78 is 33.4. The Balaban J connectivity index is 1.94. The molecule has 2 aliphatic heterocycles. The average molecular weight is 310 g/mol. The van der Waals surface area contributed by atoms with E-state index >= 15 is 0 Å². The van der Waals surface area contributed by atoms with Gasteiger partial charge < -0.3 is 9.64 Å². The van der Waals surface area contributed by atoms with Gasteiger partial charge in [0.15, 0.2) is 0 Å². The Bertz CT molecular complexity index is 588. The zero-order valence-electron chi connectivity index (χ0n) is 12.5. The molecule has 0 saturated carbocycles. The van der Waals surface area contributed by atoms with Gasteiger partial charge in [0.1, 0.15) is 0 Å². The minimum atomic E-state index is -3.45. The van der Waals surface area contributed by atoms with Gasteiger partial charge in [0.25, 0.3) is 0 Å². The number of sulfonamides is 1. The molecule has 0 aromatic heterocycles. The van der Waals surface area contributed by atoms with Crippen molar-refractivity contribution in [2.45, 2.75) is 35.9 Å². The summed E-state index contributed by atoms with van der Waals surface area (Å²) in [4.78, 5) is 2.44. The zero-order chi connectivity index (χ0) is 15.0. The van der Waals surface area contributed by atoms with E-state index in [0.717, 1.165) is 19.4 Å². The standard InChI is InChI=1S/C15H22N2O3S/c1-16(2)14-11-17(13-9-6-10-20-15(13)14)21(18,19)12-7-4-3-5-8-12/h3-5,7-8,13-15H,6,9-11H2,1-2H3/t13-,14-,15+/m1/s1. The maximum Gasteiger partial charge on any atom is 0.243 e. The third-order valence-electron chi connectivity index (χ3n) is 4.46. The smallest absolute Gasteiger partial charge is 0.243 e. The van der Waals surface area contributed by atoms with Crippen molar-refractivity contribution in [3.8, 4) is 0 Å². The highest BCUT2D eigenvalue weighted by Gasteiger charge is 2.49. The first-order valence-corrected chi connectivity index (χ1v) is 8.81. The highest BCUT2D eigenvalue weighted by molar-refractivity contribution is 7.89. The summed E-state index contributed by atoms with van der Waals surface area (Å²) in [6.07, 6.45) is 1.77. The van der Waals surface area contributed by atoms with Crippen LogP contribution in [0.15, 0.2) is 35.2 Å². The molecule has 0 N–H and O–H groups in total. The lowest BCUT2D eigenvalue weighted by Crippen LogP contribution is -2.45. The number of hydrogen-bond acceptors (Lipinski definition) is 4. The molecule has 2 heterocycles. The first-order valence-electron chi connectivity index (χ1n) is 7.37. The number of likely N-dealkylation sites (N-methyl/N-ethyl adjacent to an activating group) is 1. The van der Waals surface area contributed by atoms with Crippen LogP contribution in [0.4, 0.5) is 0 Å². The fraction of sp³-hybridized carbons (Fsp3) is 0.600. The van der Waals surface area contributed by atoms with E-state index in [1.807, 2.05) is 20.2 Å². The van der Waals surface area contributed by atoms with Gasteiger partial charge in [-0.25, -0.2) is 8.42 Å². The second-order valence-corrected chi connectivity index (χ2v) is 7.85. The van der Waals surface area contributed by atoms with Crippen LogP contribution < -0.4 is 0 Å². The SMILES string of the molecule is CN(C)[C@@H]1CN(S(=O)(=O)c2ccccc2)[C@@H]2CCCO[C@H]12.